The van der Waals surface area contributed by atoms with Gasteiger partial charge in [0, 0.05) is 23.7 Å². The van der Waals surface area contributed by atoms with E-state index >= 15 is 0 Å². The van der Waals surface area contributed by atoms with Gasteiger partial charge >= 0.3 is 12.4 Å². The van der Waals surface area contributed by atoms with Crippen molar-refractivity contribution in [1.82, 2.24) is 15.2 Å². The Bertz CT molecular complexity index is 1640. The zero-order chi connectivity index (χ0) is 30.5. The van der Waals surface area contributed by atoms with Crippen molar-refractivity contribution < 1.29 is 53.1 Å². The van der Waals surface area contributed by atoms with Gasteiger partial charge in [-0.1, -0.05) is 12.5 Å². The lowest BCUT2D eigenvalue weighted by Gasteiger charge is -2.43. The number of hydrogen-bond acceptors (Lipinski definition) is 7. The number of nitrogens with zero attached hydrogens (tertiary/aromatic N) is 3. The fourth-order valence-electron chi connectivity index (χ4n) is 4.29. The van der Waals surface area contributed by atoms with Crippen LogP contribution in [0.2, 0.25) is 0 Å². The van der Waals surface area contributed by atoms with Crippen LogP contribution in [0.5, 0.6) is 11.8 Å². The number of carbonyl (C=O) groups excluding carboxylic acids is 1. The molecule has 2 aromatic heterocycles. The number of sulfone groups is 1. The first-order valence-corrected chi connectivity index (χ1v) is 13.4. The molecule has 1 amide bonds. The smallest absolute Gasteiger partial charge is 0.415 e. The fourth-order valence-corrected chi connectivity index (χ4v) is 4.95. The number of carbonyl (C=O) groups is 1. The van der Waals surface area contributed by atoms with Crippen LogP contribution in [-0.4, -0.2) is 41.9 Å². The summed E-state index contributed by atoms with van der Waals surface area (Å²) in [5.74, 6) is -7.67. The van der Waals surface area contributed by atoms with E-state index in [0.29, 0.717) is 6.20 Å². The molecule has 1 saturated carbocycles. The molecule has 0 radical (unpaired) electrons. The molecule has 0 saturated heterocycles. The van der Waals surface area contributed by atoms with Crippen LogP contribution in [0.25, 0.3) is 0 Å². The Balaban J connectivity index is 1.77. The van der Waals surface area contributed by atoms with E-state index in [0.717, 1.165) is 19.2 Å². The summed E-state index contributed by atoms with van der Waals surface area (Å²) in [5.41, 5.74) is -7.37. The number of halogens is 8. The van der Waals surface area contributed by atoms with Gasteiger partial charge in [-0.15, -0.1) is 10.2 Å². The number of hydrogen-bond donors (Lipinski definition) is 1. The number of anilines is 1. The summed E-state index contributed by atoms with van der Waals surface area (Å²) in [4.78, 5) is 16.2. The van der Waals surface area contributed by atoms with Crippen LogP contribution in [0.15, 0.2) is 35.4 Å². The van der Waals surface area contributed by atoms with E-state index in [1.54, 1.807) is 0 Å². The second-order valence-corrected chi connectivity index (χ2v) is 11.3. The highest BCUT2D eigenvalue weighted by molar-refractivity contribution is 7.90. The van der Waals surface area contributed by atoms with Crippen molar-refractivity contribution in [2.24, 2.45) is 0 Å². The zero-order valence-electron chi connectivity index (χ0n) is 20.9. The predicted molar refractivity (Wildman–Crippen MR) is 125 cm³/mol. The van der Waals surface area contributed by atoms with Crippen molar-refractivity contribution in [3.8, 4) is 11.8 Å². The minimum absolute atomic E-state index is 0.102. The number of amides is 1. The maximum atomic E-state index is 14.9. The highest BCUT2D eigenvalue weighted by Crippen LogP contribution is 2.55. The summed E-state index contributed by atoms with van der Waals surface area (Å²) >= 11 is 0. The molecule has 0 spiro atoms. The highest BCUT2D eigenvalue weighted by Gasteiger charge is 2.61. The number of pyridine rings is 1. The number of nitrogens with one attached hydrogen (secondary N) is 1. The lowest BCUT2D eigenvalue weighted by molar-refractivity contribution is -0.213. The SMILES string of the molecule is Cc1c(C(F)(F)F)nnc(Oc2ncc(C3(C(F)(F)F)CCC3)c(F)c2F)c1C(=O)Nc1cccc(S(C)(=O)=O)c1. The highest BCUT2D eigenvalue weighted by atomic mass is 32.2. The summed E-state index contributed by atoms with van der Waals surface area (Å²) in [6.07, 6.45) is -9.68. The molecule has 1 N–H and O–H groups in total. The summed E-state index contributed by atoms with van der Waals surface area (Å²) in [6, 6.07) is 4.66. The molecule has 2 heterocycles. The number of ether oxygens (including phenoxy) is 1. The molecule has 1 aromatic carbocycles. The summed E-state index contributed by atoms with van der Waals surface area (Å²) in [7, 11) is -3.74. The predicted octanol–water partition coefficient (Wildman–Crippen LogP) is 5.91. The lowest BCUT2D eigenvalue weighted by Crippen LogP contribution is -2.48. The molecule has 0 unspecified atom stereocenters. The molecule has 0 aliphatic heterocycles. The molecule has 0 atom stereocenters. The van der Waals surface area contributed by atoms with E-state index in [4.69, 9.17) is 4.74 Å². The Morgan fingerprint density at radius 2 is 1.68 bits per heavy atom. The van der Waals surface area contributed by atoms with Crippen LogP contribution in [-0.2, 0) is 21.4 Å². The van der Waals surface area contributed by atoms with Crippen molar-refractivity contribution in [3.05, 3.63) is 64.5 Å². The van der Waals surface area contributed by atoms with Gasteiger partial charge in [-0.05, 0) is 43.5 Å². The van der Waals surface area contributed by atoms with Gasteiger partial charge in [0.2, 0.25) is 5.82 Å². The molecular weight excluding hydrogens is 592 g/mol. The van der Waals surface area contributed by atoms with Crippen molar-refractivity contribution in [2.75, 3.05) is 11.6 Å². The third-order valence-corrected chi connectivity index (χ3v) is 7.70. The average Bonchev–Trinajstić information content (AvgIpc) is 2.80. The van der Waals surface area contributed by atoms with E-state index in [9.17, 15) is 48.3 Å². The van der Waals surface area contributed by atoms with Gasteiger partial charge in [0.05, 0.1) is 10.3 Å². The van der Waals surface area contributed by atoms with Crippen molar-refractivity contribution in [3.63, 3.8) is 0 Å². The summed E-state index contributed by atoms with van der Waals surface area (Å²) in [6.45, 7) is 0.809. The van der Waals surface area contributed by atoms with E-state index in [1.165, 1.54) is 18.2 Å². The maximum Gasteiger partial charge on any atom is 0.435 e. The van der Waals surface area contributed by atoms with E-state index in [-0.39, 0.29) is 17.0 Å². The first-order valence-electron chi connectivity index (χ1n) is 11.5. The molecule has 220 valence electrons. The fraction of sp³-hybridized carbons (Fsp3) is 0.333. The number of benzene rings is 1. The first kappa shape index (κ1) is 30.1. The van der Waals surface area contributed by atoms with Crippen LogP contribution in [0.3, 0.4) is 0 Å². The van der Waals surface area contributed by atoms with E-state index in [1.807, 2.05) is 0 Å². The van der Waals surface area contributed by atoms with Crippen LogP contribution in [0, 0.1) is 18.6 Å². The molecule has 17 heteroatoms. The Morgan fingerprint density at radius 3 is 2.22 bits per heavy atom. The van der Waals surface area contributed by atoms with Crippen LogP contribution >= 0.6 is 0 Å². The second kappa shape index (κ2) is 10.2. The summed E-state index contributed by atoms with van der Waals surface area (Å²) in [5, 5.41) is 8.30. The van der Waals surface area contributed by atoms with Gasteiger partial charge in [-0.2, -0.15) is 30.7 Å². The van der Waals surface area contributed by atoms with Crippen LogP contribution in [0.1, 0.15) is 46.4 Å². The molecule has 0 bridgehead atoms. The van der Waals surface area contributed by atoms with Gasteiger partial charge in [0.15, 0.2) is 21.3 Å². The molecular formula is C24H18F8N4O4S. The Kier molecular flexibility index (Phi) is 7.47. The van der Waals surface area contributed by atoms with Crippen molar-refractivity contribution >= 4 is 21.4 Å². The Labute approximate surface area is 226 Å². The van der Waals surface area contributed by atoms with Crippen molar-refractivity contribution in [1.29, 1.82) is 0 Å². The summed E-state index contributed by atoms with van der Waals surface area (Å²) < 4.78 is 140. The minimum atomic E-state index is -5.12. The average molecular weight is 610 g/mol. The topological polar surface area (TPSA) is 111 Å². The minimum Gasteiger partial charge on any atom is -0.415 e. The van der Waals surface area contributed by atoms with Crippen LogP contribution in [0.4, 0.5) is 40.8 Å². The third kappa shape index (κ3) is 5.54. The Hall–Kier alpha value is -3.89. The standard InChI is InChI=1S/C24H18F8N4O4S/c1-11-15(19(37)34-12-5-3-6-13(9-12)41(2,38)39)20(36-35-18(11)23(27,28)29)40-21-17(26)16(25)14(10-33-21)22(7-4-8-22)24(30,31)32/h3,5-6,9-10H,4,7-8H2,1-2H3,(H,34,37). The molecule has 41 heavy (non-hydrogen) atoms. The maximum absolute atomic E-state index is 14.9. The van der Waals surface area contributed by atoms with Gasteiger partial charge < -0.3 is 10.1 Å². The van der Waals surface area contributed by atoms with Crippen LogP contribution < -0.4 is 10.1 Å². The Morgan fingerprint density at radius 1 is 1.02 bits per heavy atom. The number of aromatic nitrogens is 3. The molecule has 8 nitrogen and oxygen atoms in total. The normalized spacial score (nSPS) is 15.3. The molecule has 3 aromatic rings. The molecule has 1 fully saturated rings. The zero-order valence-corrected chi connectivity index (χ0v) is 21.7. The van der Waals surface area contributed by atoms with Crippen molar-refractivity contribution in [2.45, 2.75) is 48.8 Å². The first-order chi connectivity index (χ1) is 18.9. The molecule has 1 aliphatic carbocycles. The van der Waals surface area contributed by atoms with Gasteiger partial charge in [-0.3, -0.25) is 4.79 Å². The lowest BCUT2D eigenvalue weighted by atomic mass is 9.64. The monoisotopic (exact) mass is 610 g/mol. The van der Waals surface area contributed by atoms with Gasteiger partial charge in [0.25, 0.3) is 17.7 Å². The number of rotatable bonds is 6. The quantitative estimate of drug-likeness (QED) is 0.346. The molecule has 4 rings (SSSR count). The largest absolute Gasteiger partial charge is 0.435 e. The second-order valence-electron chi connectivity index (χ2n) is 9.25. The van der Waals surface area contributed by atoms with Gasteiger partial charge in [-0.25, -0.2) is 17.8 Å². The third-order valence-electron chi connectivity index (χ3n) is 6.59. The van der Waals surface area contributed by atoms with E-state index < -0.39 is 92.1 Å². The van der Waals surface area contributed by atoms with Gasteiger partial charge in [0.1, 0.15) is 5.56 Å². The van der Waals surface area contributed by atoms with E-state index in [2.05, 4.69) is 20.5 Å². The molecule has 1 aliphatic rings. The number of alkyl halides is 6.